The smallest absolute Gasteiger partial charge is 0.167 e. The van der Waals surface area contributed by atoms with Crippen LogP contribution in [0.1, 0.15) is 0 Å². The van der Waals surface area contributed by atoms with Gasteiger partial charge in [0.25, 0.3) is 0 Å². The van der Waals surface area contributed by atoms with Crippen LogP contribution in [0.5, 0.6) is 0 Å². The van der Waals surface area contributed by atoms with Crippen molar-refractivity contribution in [1.82, 2.24) is 19.5 Å². The Hall–Kier alpha value is -7.41. The van der Waals surface area contributed by atoms with Crippen molar-refractivity contribution in [3.63, 3.8) is 0 Å². The van der Waals surface area contributed by atoms with Crippen molar-refractivity contribution in [2.45, 2.75) is 0 Å². The molecule has 0 atom stereocenters. The normalized spacial score (nSPS) is 11.9. The van der Waals surface area contributed by atoms with Crippen LogP contribution < -0.4 is 0 Å². The van der Waals surface area contributed by atoms with Crippen molar-refractivity contribution < 1.29 is 4.42 Å². The summed E-state index contributed by atoms with van der Waals surface area (Å²) in [6, 6.07) is 63.7. The van der Waals surface area contributed by atoms with Gasteiger partial charge in [-0.2, -0.15) is 0 Å². The molecule has 0 saturated heterocycles. The molecule has 0 saturated carbocycles. The van der Waals surface area contributed by atoms with Crippen molar-refractivity contribution in [2.75, 3.05) is 0 Å². The van der Waals surface area contributed by atoms with E-state index in [4.69, 9.17) is 19.4 Å². The van der Waals surface area contributed by atoms with Crippen molar-refractivity contribution in [3.8, 4) is 51.0 Å². The number of rotatable bonds is 5. The van der Waals surface area contributed by atoms with Gasteiger partial charge in [-0.25, -0.2) is 15.0 Å². The molecular formula is C51H30N4OS. The summed E-state index contributed by atoms with van der Waals surface area (Å²) in [7, 11) is 0. The second-order valence-corrected chi connectivity index (χ2v) is 15.4. The van der Waals surface area contributed by atoms with Crippen molar-refractivity contribution in [2.24, 2.45) is 0 Å². The van der Waals surface area contributed by atoms with Gasteiger partial charge in [-0.1, -0.05) is 121 Å². The number of fused-ring (bicyclic) bond motifs is 10. The van der Waals surface area contributed by atoms with Gasteiger partial charge in [-0.05, 0) is 71.8 Å². The standard InChI is InChI=1S/C51H30N4OS/c1-3-12-31(13-4-1)32-22-24-33(25-23-32)49-52-50(34-26-29-45-41(30-34)37-17-8-10-21-44(37)57-45)54-51(53-49)40-19-11-18-39-46-43(56-48(39)40)28-27-38-36-16-7-9-20-42(36)55(47(38)46)35-14-5-2-6-15-35/h1-30H. The first-order valence-corrected chi connectivity index (χ1v) is 19.8. The average Bonchev–Trinajstić information content (AvgIpc) is 3.96. The van der Waals surface area contributed by atoms with Gasteiger partial charge in [0, 0.05) is 53.1 Å². The lowest BCUT2D eigenvalue weighted by atomic mass is 10.0. The molecule has 266 valence electrons. The van der Waals surface area contributed by atoms with Gasteiger partial charge in [-0.3, -0.25) is 0 Å². The first kappa shape index (κ1) is 31.9. The largest absolute Gasteiger partial charge is 0.455 e. The molecule has 0 spiro atoms. The molecule has 0 fully saturated rings. The number of nitrogens with zero attached hydrogens (tertiary/aromatic N) is 4. The monoisotopic (exact) mass is 746 g/mol. The fraction of sp³-hybridized carbons (Fsp3) is 0. The van der Waals surface area contributed by atoms with Gasteiger partial charge >= 0.3 is 0 Å². The van der Waals surface area contributed by atoms with Crippen LogP contribution in [0.25, 0.3) is 115 Å². The van der Waals surface area contributed by atoms with Gasteiger partial charge in [0.15, 0.2) is 17.5 Å². The van der Waals surface area contributed by atoms with Gasteiger partial charge in [0.05, 0.1) is 22.0 Å². The van der Waals surface area contributed by atoms with E-state index in [0.717, 1.165) is 66.5 Å². The highest BCUT2D eigenvalue weighted by atomic mass is 32.1. The van der Waals surface area contributed by atoms with Crippen LogP contribution in [0, 0.1) is 0 Å². The summed E-state index contributed by atoms with van der Waals surface area (Å²) in [5, 5.41) is 6.87. The summed E-state index contributed by atoms with van der Waals surface area (Å²) in [6.45, 7) is 0. The predicted octanol–water partition coefficient (Wildman–Crippen LogP) is 13.9. The molecule has 4 heterocycles. The summed E-state index contributed by atoms with van der Waals surface area (Å²) >= 11 is 1.80. The molecule has 8 aromatic carbocycles. The molecule has 0 unspecified atom stereocenters. The summed E-state index contributed by atoms with van der Waals surface area (Å²) in [5.74, 6) is 1.77. The number of thiophene rings is 1. The minimum Gasteiger partial charge on any atom is -0.455 e. The topological polar surface area (TPSA) is 56.7 Å². The lowest BCUT2D eigenvalue weighted by molar-refractivity contribution is 0.669. The average molecular weight is 747 g/mol. The Morgan fingerprint density at radius 3 is 1.89 bits per heavy atom. The van der Waals surface area contributed by atoms with Crippen LogP contribution in [-0.2, 0) is 0 Å². The van der Waals surface area contributed by atoms with E-state index < -0.39 is 0 Å². The molecular weight excluding hydrogens is 717 g/mol. The number of furan rings is 1. The Bertz CT molecular complexity index is 3510. The summed E-state index contributed by atoms with van der Waals surface area (Å²) in [5.41, 5.74) is 9.87. The van der Waals surface area contributed by atoms with Crippen molar-refractivity contribution >= 4 is 75.3 Å². The lowest BCUT2D eigenvalue weighted by Crippen LogP contribution is -2.00. The third-order valence-electron chi connectivity index (χ3n) is 11.1. The summed E-state index contributed by atoms with van der Waals surface area (Å²) in [4.78, 5) is 15.6. The number of hydrogen-bond donors (Lipinski definition) is 0. The minimum atomic E-state index is 0.557. The van der Waals surface area contributed by atoms with Gasteiger partial charge in [-0.15, -0.1) is 11.3 Å². The first-order valence-electron chi connectivity index (χ1n) is 19.0. The maximum absolute atomic E-state index is 6.87. The summed E-state index contributed by atoms with van der Waals surface area (Å²) < 4.78 is 11.7. The third kappa shape index (κ3) is 5.04. The Kier molecular flexibility index (Phi) is 7.03. The predicted molar refractivity (Wildman–Crippen MR) is 236 cm³/mol. The highest BCUT2D eigenvalue weighted by molar-refractivity contribution is 7.25. The Labute approximate surface area is 330 Å². The zero-order valence-corrected chi connectivity index (χ0v) is 31.2. The van der Waals surface area contributed by atoms with E-state index in [2.05, 4.69) is 180 Å². The SMILES string of the molecule is c1ccc(-c2ccc(-c3nc(-c4ccc5sc6ccccc6c5c4)nc(-c4cccc5c4oc4ccc6c7ccccc7n(-c7ccccc7)c6c45)n3)cc2)cc1. The molecule has 0 N–H and O–H groups in total. The van der Waals surface area contributed by atoms with E-state index in [1.54, 1.807) is 11.3 Å². The molecule has 0 aliphatic carbocycles. The second kappa shape index (κ2) is 12.6. The Morgan fingerprint density at radius 2 is 1.05 bits per heavy atom. The van der Waals surface area contributed by atoms with Crippen LogP contribution in [0.15, 0.2) is 186 Å². The molecule has 5 nitrogen and oxygen atoms in total. The van der Waals surface area contributed by atoms with Crippen LogP contribution >= 0.6 is 11.3 Å². The first-order chi connectivity index (χ1) is 28.2. The number of benzene rings is 8. The zero-order chi connectivity index (χ0) is 37.5. The van der Waals surface area contributed by atoms with E-state index in [0.29, 0.717) is 17.5 Å². The van der Waals surface area contributed by atoms with Crippen LogP contribution in [0.3, 0.4) is 0 Å². The quantitative estimate of drug-likeness (QED) is 0.176. The molecule has 12 aromatic rings. The lowest BCUT2D eigenvalue weighted by Gasteiger charge is -2.10. The number of para-hydroxylation sites is 3. The molecule has 6 heteroatoms. The minimum absolute atomic E-state index is 0.557. The van der Waals surface area contributed by atoms with Gasteiger partial charge in [0.2, 0.25) is 0 Å². The molecule has 0 aliphatic rings. The van der Waals surface area contributed by atoms with Crippen LogP contribution in [0.4, 0.5) is 0 Å². The maximum Gasteiger partial charge on any atom is 0.167 e. The molecule has 57 heavy (non-hydrogen) atoms. The molecule has 0 bridgehead atoms. The van der Waals surface area contributed by atoms with E-state index in [-0.39, 0.29) is 0 Å². The second-order valence-electron chi connectivity index (χ2n) is 14.4. The maximum atomic E-state index is 6.87. The Balaban J connectivity index is 1.10. The summed E-state index contributed by atoms with van der Waals surface area (Å²) in [6.07, 6.45) is 0. The fourth-order valence-electron chi connectivity index (χ4n) is 8.42. The Morgan fingerprint density at radius 1 is 0.421 bits per heavy atom. The highest BCUT2D eigenvalue weighted by Crippen LogP contribution is 2.43. The van der Waals surface area contributed by atoms with E-state index >= 15 is 0 Å². The van der Waals surface area contributed by atoms with Gasteiger partial charge in [0.1, 0.15) is 11.2 Å². The van der Waals surface area contributed by atoms with Crippen molar-refractivity contribution in [3.05, 3.63) is 182 Å². The number of hydrogen-bond acceptors (Lipinski definition) is 5. The fourth-order valence-corrected chi connectivity index (χ4v) is 9.51. The van der Waals surface area contributed by atoms with E-state index in [1.807, 2.05) is 6.07 Å². The van der Waals surface area contributed by atoms with E-state index in [9.17, 15) is 0 Å². The van der Waals surface area contributed by atoms with Crippen LogP contribution in [0.2, 0.25) is 0 Å². The number of aromatic nitrogens is 4. The molecule has 12 rings (SSSR count). The van der Waals surface area contributed by atoms with Gasteiger partial charge < -0.3 is 8.98 Å². The zero-order valence-electron chi connectivity index (χ0n) is 30.4. The molecule has 0 aliphatic heterocycles. The highest BCUT2D eigenvalue weighted by Gasteiger charge is 2.22. The van der Waals surface area contributed by atoms with Crippen molar-refractivity contribution in [1.29, 1.82) is 0 Å². The molecule has 0 radical (unpaired) electrons. The molecule has 4 aromatic heterocycles. The molecule has 0 amide bonds. The van der Waals surface area contributed by atoms with E-state index in [1.165, 1.54) is 30.9 Å². The van der Waals surface area contributed by atoms with Crippen LogP contribution in [-0.4, -0.2) is 19.5 Å². The third-order valence-corrected chi connectivity index (χ3v) is 12.2.